The Kier molecular flexibility index (Phi) is 9.52. The molecule has 2 nitrogen and oxygen atoms in total. The number of hydrogen-bond donors (Lipinski definition) is 0. The summed E-state index contributed by atoms with van der Waals surface area (Å²) in [7, 11) is 0. The van der Waals surface area contributed by atoms with Gasteiger partial charge in [0.15, 0.2) is 0 Å². The van der Waals surface area contributed by atoms with Gasteiger partial charge >= 0.3 is 43.7 Å². The van der Waals surface area contributed by atoms with E-state index in [4.69, 9.17) is 0 Å². The van der Waals surface area contributed by atoms with E-state index in [2.05, 4.69) is 27.8 Å². The van der Waals surface area contributed by atoms with Crippen molar-refractivity contribution in [2.24, 2.45) is 0 Å². The molecule has 0 rings (SSSR count). The average Bonchev–Trinajstić information content (AvgIpc) is 1.65. The number of rotatable bonds is 1. The van der Waals surface area contributed by atoms with E-state index in [-0.39, 0.29) is 40.6 Å². The van der Waals surface area contributed by atoms with Gasteiger partial charge in [0.2, 0.25) is 0 Å². The Morgan fingerprint density at radius 3 is 2.25 bits per heavy atom. The predicted molar refractivity (Wildman–Crippen MR) is 30.7 cm³/mol. The maximum atomic E-state index is 11.3. The Hall–Kier alpha value is 1.24. The van der Waals surface area contributed by atoms with Crippen molar-refractivity contribution in [3.8, 4) is 0 Å². The van der Waals surface area contributed by atoms with Crippen LogP contribution in [0.25, 0.3) is 0 Å². The number of alkyl halides is 2. The summed E-state index contributed by atoms with van der Waals surface area (Å²) in [5, 5.41) is 0. The van der Waals surface area contributed by atoms with Gasteiger partial charge < -0.3 is 7.14 Å². The molecule has 0 aliphatic rings. The molecule has 0 aliphatic heterocycles. The summed E-state index contributed by atoms with van der Waals surface area (Å²) < 4.78 is 14.6. The van der Waals surface area contributed by atoms with Crippen LogP contribution in [0.15, 0.2) is 0 Å². The number of halogens is 3. The van der Waals surface area contributed by atoms with Crippen LogP contribution < -0.4 is 0 Å². The molecule has 0 saturated heterocycles. The van der Waals surface area contributed by atoms with Gasteiger partial charge in [-0.3, -0.25) is 0 Å². The van der Waals surface area contributed by atoms with Gasteiger partial charge in [-0.2, -0.15) is 0 Å². The smallest absolute Gasteiger partial charge is 1.00 e. The minimum atomic E-state index is -2.16. The molecule has 0 radical (unpaired) electrons. The van der Waals surface area contributed by atoms with E-state index in [0.717, 1.165) is 0 Å². The molecule has 46 valence electrons. The maximum Gasteiger partial charge on any atom is 2.00 e. The summed E-state index contributed by atoms with van der Waals surface area (Å²) in [5.41, 5.74) is -2.16. The largest absolute Gasteiger partial charge is 2.00 e. The van der Waals surface area contributed by atoms with Crippen molar-refractivity contribution in [2.75, 3.05) is 0 Å². The molecule has 0 aliphatic carbocycles. The van der Waals surface area contributed by atoms with Gasteiger partial charge in [0.1, 0.15) is 11.9 Å². The molecule has 0 bridgehead atoms. The standard InChI is InChI=1S/C2HCl2FO2.Ca.2H/c3-1(5)2(6)7-4;;;/h1H;;;/q;+2;2*-1. The maximum absolute atomic E-state index is 11.3. The SMILES string of the molecule is O=C(OCl)C(F)Cl.[Ca+2].[H-].[H-]. The van der Waals surface area contributed by atoms with Crippen LogP contribution in [0.3, 0.4) is 0 Å². The molecule has 0 spiro atoms. The second kappa shape index (κ2) is 6.36. The zero-order valence-electron chi connectivity index (χ0n) is 5.73. The number of hydrogen-bond acceptors (Lipinski definition) is 2. The van der Waals surface area contributed by atoms with Crippen LogP contribution in [0.4, 0.5) is 4.39 Å². The van der Waals surface area contributed by atoms with Gasteiger partial charge in [-0.25, -0.2) is 9.18 Å². The normalized spacial score (nSPS) is 11.4. The number of carbonyl (C=O) groups is 1. The Balaban J connectivity index is -0.0000000600. The minimum absolute atomic E-state index is 0. The van der Waals surface area contributed by atoms with E-state index in [0.29, 0.717) is 0 Å². The van der Waals surface area contributed by atoms with E-state index in [9.17, 15) is 9.18 Å². The topological polar surface area (TPSA) is 26.3 Å². The van der Waals surface area contributed by atoms with Gasteiger partial charge in [-0.05, 0) is 0 Å². The van der Waals surface area contributed by atoms with Gasteiger partial charge in [0, 0.05) is 0 Å². The molecular weight excluding hydrogens is 186 g/mol. The van der Waals surface area contributed by atoms with Crippen LogP contribution in [0.2, 0.25) is 0 Å². The summed E-state index contributed by atoms with van der Waals surface area (Å²) in [6.45, 7) is 0. The third kappa shape index (κ3) is 5.38. The summed E-state index contributed by atoms with van der Waals surface area (Å²) in [6, 6.07) is 0. The van der Waals surface area contributed by atoms with Crippen LogP contribution in [0.5, 0.6) is 0 Å². The Morgan fingerprint density at radius 1 is 1.88 bits per heavy atom. The molecule has 1 atom stereocenters. The van der Waals surface area contributed by atoms with Crippen LogP contribution in [0, 0.1) is 0 Å². The van der Waals surface area contributed by atoms with Crippen LogP contribution in [-0.2, 0) is 9.08 Å². The quantitative estimate of drug-likeness (QED) is 0.455. The molecule has 0 fully saturated rings. The van der Waals surface area contributed by atoms with Gasteiger partial charge in [-0.1, -0.05) is 11.6 Å². The molecule has 0 amide bonds. The first kappa shape index (κ1) is 12.0. The van der Waals surface area contributed by atoms with Gasteiger partial charge in [-0.15, -0.1) is 0 Å². The second-order valence-corrected chi connectivity index (χ2v) is 1.23. The Bertz CT molecular complexity index is 85.7. The molecule has 0 heterocycles. The average molecular weight is 189 g/mol. The third-order valence-corrected chi connectivity index (χ3v) is 0.584. The first-order valence-electron chi connectivity index (χ1n) is 1.29. The van der Waals surface area contributed by atoms with Crippen molar-refractivity contribution in [2.45, 2.75) is 5.63 Å². The minimum Gasteiger partial charge on any atom is -1.00 e. The summed E-state index contributed by atoms with van der Waals surface area (Å²) in [6.07, 6.45) is 0. The van der Waals surface area contributed by atoms with E-state index in [1.54, 1.807) is 0 Å². The fraction of sp³-hybridized carbons (Fsp3) is 0.500. The predicted octanol–water partition coefficient (Wildman–Crippen LogP) is 1.06. The first-order valence-corrected chi connectivity index (χ1v) is 2.03. The van der Waals surface area contributed by atoms with Crippen LogP contribution >= 0.6 is 23.5 Å². The Morgan fingerprint density at radius 2 is 2.25 bits per heavy atom. The van der Waals surface area contributed by atoms with Crippen molar-refractivity contribution in [3.63, 3.8) is 0 Å². The summed E-state index contributed by atoms with van der Waals surface area (Å²) in [5.74, 6) is -1.29. The molecule has 0 N–H and O–H groups in total. The van der Waals surface area contributed by atoms with Crippen molar-refractivity contribution in [1.82, 2.24) is 0 Å². The zero-order valence-corrected chi connectivity index (χ0v) is 7.46. The van der Waals surface area contributed by atoms with Crippen molar-refractivity contribution in [1.29, 1.82) is 0 Å². The number of carbonyl (C=O) groups excluding carboxylic acids is 1. The fourth-order valence-electron chi connectivity index (χ4n) is 0.0337. The van der Waals surface area contributed by atoms with Crippen LogP contribution in [0.1, 0.15) is 2.85 Å². The molecule has 1 unspecified atom stereocenters. The van der Waals surface area contributed by atoms with Crippen molar-refractivity contribution in [3.05, 3.63) is 0 Å². The monoisotopic (exact) mass is 188 g/mol. The molecule has 8 heavy (non-hydrogen) atoms. The first-order chi connectivity index (χ1) is 3.18. The molecule has 0 saturated carbocycles. The molecule has 0 aromatic heterocycles. The Labute approximate surface area is 88.4 Å². The molecular formula is C2H3CaCl2FO2. The zero-order chi connectivity index (χ0) is 5.86. The van der Waals surface area contributed by atoms with Crippen molar-refractivity contribution < 1.29 is 16.3 Å². The molecule has 0 aromatic carbocycles. The second-order valence-electron chi connectivity index (χ2n) is 0.697. The summed E-state index contributed by atoms with van der Waals surface area (Å²) in [4.78, 5) is 9.65. The third-order valence-electron chi connectivity index (χ3n) is 0.254. The van der Waals surface area contributed by atoms with Gasteiger partial charge in [0.05, 0.1) is 0 Å². The molecule has 6 heteroatoms. The summed E-state index contributed by atoms with van der Waals surface area (Å²) >= 11 is 8.88. The van der Waals surface area contributed by atoms with Gasteiger partial charge in [0.25, 0.3) is 5.63 Å². The van der Waals surface area contributed by atoms with Crippen molar-refractivity contribution >= 4 is 67.2 Å². The van der Waals surface area contributed by atoms with Crippen LogP contribution in [-0.4, -0.2) is 49.3 Å². The fourth-order valence-corrected chi connectivity index (χ4v) is 0.202. The molecule has 0 aromatic rings. The van der Waals surface area contributed by atoms with E-state index in [1.165, 1.54) is 0 Å². The van der Waals surface area contributed by atoms with E-state index in [1.807, 2.05) is 0 Å². The van der Waals surface area contributed by atoms with E-state index < -0.39 is 11.6 Å². The van der Waals surface area contributed by atoms with E-state index >= 15 is 0 Å².